The first-order valence-corrected chi connectivity index (χ1v) is 12.0. The molecule has 1 atom stereocenters. The first-order chi connectivity index (χ1) is 13.2. The Kier molecular flexibility index (Phi) is 7.84. The molecule has 0 saturated heterocycles. The molecule has 2 rings (SSSR count). The minimum atomic E-state index is -3.34. The Balaban J connectivity index is 2.00. The van der Waals surface area contributed by atoms with Crippen LogP contribution >= 0.6 is 23.1 Å². The van der Waals surface area contributed by atoms with Gasteiger partial charge in [-0.25, -0.2) is 8.42 Å². The summed E-state index contributed by atoms with van der Waals surface area (Å²) in [5.74, 6) is 0.858. The maximum atomic E-state index is 12.5. The molecule has 0 aliphatic heterocycles. The minimum absolute atomic E-state index is 0.323. The van der Waals surface area contributed by atoms with Crippen LogP contribution in [-0.4, -0.2) is 49.7 Å². The highest BCUT2D eigenvalue weighted by Crippen LogP contribution is 2.26. The van der Waals surface area contributed by atoms with Crippen molar-refractivity contribution >= 4 is 49.8 Å². The number of nitrogens with zero attached hydrogens (tertiary/aromatic N) is 3. The van der Waals surface area contributed by atoms with Crippen LogP contribution in [0.4, 0.5) is 10.8 Å². The number of carbonyl (C=O) groups is 1. The molecule has 0 aliphatic carbocycles. The Morgan fingerprint density at radius 3 is 2.64 bits per heavy atom. The number of thioether (sulfide) groups is 1. The molecule has 0 spiro atoms. The van der Waals surface area contributed by atoms with Crippen LogP contribution in [0, 0.1) is 0 Å². The zero-order chi connectivity index (χ0) is 20.7. The number of carbonyl (C=O) groups excluding carboxylic acids is 1. The lowest BCUT2D eigenvalue weighted by Crippen LogP contribution is -2.32. The van der Waals surface area contributed by atoms with Gasteiger partial charge in [-0.2, -0.15) is 0 Å². The fourth-order valence-electron chi connectivity index (χ4n) is 2.05. The minimum Gasteiger partial charge on any atom is -0.481 e. The fourth-order valence-corrected chi connectivity index (χ4v) is 4.07. The fraction of sp³-hybridized carbons (Fsp3) is 0.353. The van der Waals surface area contributed by atoms with E-state index in [9.17, 15) is 13.2 Å². The molecule has 152 valence electrons. The quantitative estimate of drug-likeness (QED) is 0.343. The van der Waals surface area contributed by atoms with Gasteiger partial charge in [0.05, 0.1) is 11.9 Å². The molecule has 1 aromatic carbocycles. The average molecular weight is 443 g/mol. The Morgan fingerprint density at radius 1 is 1.39 bits per heavy atom. The zero-order valence-corrected chi connectivity index (χ0v) is 18.2. The van der Waals surface area contributed by atoms with Crippen LogP contribution in [0.3, 0.4) is 0 Å². The van der Waals surface area contributed by atoms with Crippen molar-refractivity contribution in [3.63, 3.8) is 0 Å². The van der Waals surface area contributed by atoms with Crippen molar-refractivity contribution in [1.82, 2.24) is 10.2 Å². The summed E-state index contributed by atoms with van der Waals surface area (Å²) in [6.45, 7) is 5.48. The molecule has 0 aliphatic rings. The third-order valence-electron chi connectivity index (χ3n) is 3.60. The topological polar surface area (TPSA) is 101 Å². The standard InChI is InChI=1S/C17H22N4O4S3/c1-5-11-26-17-20-19-16(27-17)18-15(22)14(6-2)25-13-9-7-12(8-10-13)21(3)28(4,23)24/h5,7-10,14H,1,6,11H2,2-4H3,(H,18,19,22)/t14-/m1/s1. The summed E-state index contributed by atoms with van der Waals surface area (Å²) < 4.78 is 30.8. The molecule has 0 unspecified atom stereocenters. The average Bonchev–Trinajstić information content (AvgIpc) is 3.10. The van der Waals surface area contributed by atoms with E-state index in [0.29, 0.717) is 28.7 Å². The second-order valence-corrected chi connectivity index (χ2v) is 9.96. The van der Waals surface area contributed by atoms with Gasteiger partial charge in [0.1, 0.15) is 5.75 Å². The SMILES string of the molecule is C=CCSc1nnc(NC(=O)[C@@H](CC)Oc2ccc(N(C)S(C)(=O)=O)cc2)s1. The van der Waals surface area contributed by atoms with E-state index in [1.165, 1.54) is 30.1 Å². The number of ether oxygens (including phenoxy) is 1. The van der Waals surface area contributed by atoms with Gasteiger partial charge in [0.15, 0.2) is 10.4 Å². The predicted octanol–water partition coefficient (Wildman–Crippen LogP) is 3.01. The van der Waals surface area contributed by atoms with Gasteiger partial charge in [0.2, 0.25) is 15.2 Å². The Hall–Kier alpha value is -2.11. The number of aromatic nitrogens is 2. The van der Waals surface area contributed by atoms with Crippen molar-refractivity contribution in [3.8, 4) is 5.75 Å². The lowest BCUT2D eigenvalue weighted by molar-refractivity contribution is -0.122. The highest BCUT2D eigenvalue weighted by molar-refractivity contribution is 8.01. The number of nitrogens with one attached hydrogen (secondary N) is 1. The number of amides is 1. The number of hydrogen-bond acceptors (Lipinski definition) is 8. The van der Waals surface area contributed by atoms with Crippen LogP contribution in [0.2, 0.25) is 0 Å². The van der Waals surface area contributed by atoms with Crippen molar-refractivity contribution in [2.45, 2.75) is 23.8 Å². The normalized spacial score (nSPS) is 12.2. The molecule has 11 heteroatoms. The van der Waals surface area contributed by atoms with Gasteiger partial charge < -0.3 is 4.74 Å². The summed E-state index contributed by atoms with van der Waals surface area (Å²) in [6, 6.07) is 6.49. The van der Waals surface area contributed by atoms with Crippen LogP contribution in [0.25, 0.3) is 0 Å². The lowest BCUT2D eigenvalue weighted by Gasteiger charge is -2.19. The van der Waals surface area contributed by atoms with Gasteiger partial charge in [-0.05, 0) is 30.7 Å². The molecule has 1 N–H and O–H groups in total. The molecule has 0 fully saturated rings. The molecule has 1 amide bonds. The van der Waals surface area contributed by atoms with E-state index in [0.717, 1.165) is 14.9 Å². The van der Waals surface area contributed by atoms with Crippen LogP contribution in [-0.2, 0) is 14.8 Å². The number of benzene rings is 1. The molecule has 28 heavy (non-hydrogen) atoms. The third-order valence-corrected chi connectivity index (χ3v) is 6.77. The van der Waals surface area contributed by atoms with E-state index in [1.807, 2.05) is 6.92 Å². The number of rotatable bonds is 10. The maximum absolute atomic E-state index is 12.5. The number of hydrogen-bond donors (Lipinski definition) is 1. The Bertz CT molecular complexity index is 913. The monoisotopic (exact) mass is 442 g/mol. The molecule has 0 saturated carbocycles. The maximum Gasteiger partial charge on any atom is 0.267 e. The van der Waals surface area contributed by atoms with Gasteiger partial charge >= 0.3 is 0 Å². The summed E-state index contributed by atoms with van der Waals surface area (Å²) >= 11 is 2.77. The molecule has 2 aromatic rings. The largest absolute Gasteiger partial charge is 0.481 e. The number of sulfonamides is 1. The molecular weight excluding hydrogens is 420 g/mol. The van der Waals surface area contributed by atoms with Crippen LogP contribution in [0.15, 0.2) is 41.3 Å². The van der Waals surface area contributed by atoms with Gasteiger partial charge in [0.25, 0.3) is 5.91 Å². The van der Waals surface area contributed by atoms with Crippen molar-refractivity contribution in [2.24, 2.45) is 0 Å². The second kappa shape index (κ2) is 9.89. The third kappa shape index (κ3) is 6.21. The van der Waals surface area contributed by atoms with Gasteiger partial charge in [-0.3, -0.25) is 14.4 Å². The van der Waals surface area contributed by atoms with Gasteiger partial charge in [-0.1, -0.05) is 36.1 Å². The second-order valence-electron chi connectivity index (χ2n) is 5.70. The van der Waals surface area contributed by atoms with Crippen molar-refractivity contribution in [2.75, 3.05) is 28.7 Å². The summed E-state index contributed by atoms with van der Waals surface area (Å²) in [4.78, 5) is 12.5. The summed E-state index contributed by atoms with van der Waals surface area (Å²) in [7, 11) is -1.87. The zero-order valence-electron chi connectivity index (χ0n) is 15.8. The highest BCUT2D eigenvalue weighted by atomic mass is 32.2. The Labute approximate surface area is 173 Å². The summed E-state index contributed by atoms with van der Waals surface area (Å²) in [6.07, 6.45) is 2.63. The number of anilines is 2. The van der Waals surface area contributed by atoms with Crippen molar-refractivity contribution < 1.29 is 17.9 Å². The molecule has 1 heterocycles. The van der Waals surface area contributed by atoms with Crippen LogP contribution in [0.1, 0.15) is 13.3 Å². The van der Waals surface area contributed by atoms with Gasteiger partial charge in [0, 0.05) is 12.8 Å². The van der Waals surface area contributed by atoms with E-state index >= 15 is 0 Å². The van der Waals surface area contributed by atoms with Crippen LogP contribution < -0.4 is 14.4 Å². The van der Waals surface area contributed by atoms with Crippen LogP contribution in [0.5, 0.6) is 5.75 Å². The van der Waals surface area contributed by atoms with E-state index in [-0.39, 0.29) is 5.91 Å². The van der Waals surface area contributed by atoms with Gasteiger partial charge in [-0.15, -0.1) is 16.8 Å². The molecule has 8 nitrogen and oxygen atoms in total. The van der Waals surface area contributed by atoms with E-state index in [1.54, 1.807) is 30.3 Å². The molecular formula is C17H22N4O4S3. The lowest BCUT2D eigenvalue weighted by atomic mass is 10.2. The smallest absolute Gasteiger partial charge is 0.267 e. The summed E-state index contributed by atoms with van der Waals surface area (Å²) in [5, 5.41) is 11.1. The first-order valence-electron chi connectivity index (χ1n) is 8.33. The first kappa shape index (κ1) is 22.2. The van der Waals surface area contributed by atoms with E-state index in [4.69, 9.17) is 4.74 Å². The Morgan fingerprint density at radius 2 is 2.07 bits per heavy atom. The highest BCUT2D eigenvalue weighted by Gasteiger charge is 2.20. The van der Waals surface area contributed by atoms with E-state index in [2.05, 4.69) is 22.1 Å². The van der Waals surface area contributed by atoms with Crippen molar-refractivity contribution in [1.29, 1.82) is 0 Å². The predicted molar refractivity (Wildman–Crippen MR) is 114 cm³/mol. The van der Waals surface area contributed by atoms with E-state index < -0.39 is 16.1 Å². The molecule has 1 aromatic heterocycles. The molecule has 0 bridgehead atoms. The van der Waals surface area contributed by atoms with Crippen molar-refractivity contribution in [3.05, 3.63) is 36.9 Å². The molecule has 0 radical (unpaired) electrons. The summed E-state index contributed by atoms with van der Waals surface area (Å²) in [5.41, 5.74) is 0.505.